The van der Waals surface area contributed by atoms with Gasteiger partial charge < -0.3 is 5.73 Å². The third kappa shape index (κ3) is 2.82. The van der Waals surface area contributed by atoms with E-state index in [1.54, 1.807) is 6.07 Å². The molecule has 2 nitrogen and oxygen atoms in total. The summed E-state index contributed by atoms with van der Waals surface area (Å²) in [5.41, 5.74) is 5.01. The van der Waals surface area contributed by atoms with Crippen molar-refractivity contribution in [3.05, 3.63) is 71.3 Å². The quantitative estimate of drug-likeness (QED) is 0.918. The number of hydrogen-bond acceptors (Lipinski definition) is 1. The maximum absolute atomic E-state index is 13.4. The second-order valence-electron chi connectivity index (χ2n) is 4.34. The minimum Gasteiger partial charge on any atom is -0.366 e. The van der Waals surface area contributed by atoms with Gasteiger partial charge in [-0.3, -0.25) is 4.79 Å². The van der Waals surface area contributed by atoms with E-state index in [0.29, 0.717) is 0 Å². The van der Waals surface area contributed by atoms with Gasteiger partial charge in [0.1, 0.15) is 5.92 Å². The van der Waals surface area contributed by atoms with E-state index in [0.717, 1.165) is 0 Å². The molecule has 0 saturated carbocycles. The maximum Gasteiger partial charge on any atom is 0.399 e. The van der Waals surface area contributed by atoms with Crippen molar-refractivity contribution in [3.63, 3.8) is 0 Å². The van der Waals surface area contributed by atoms with E-state index < -0.39 is 18.0 Å². The van der Waals surface area contributed by atoms with Crippen LogP contribution >= 0.6 is 0 Å². The highest BCUT2D eigenvalue weighted by atomic mass is 19.4. The van der Waals surface area contributed by atoms with E-state index in [4.69, 9.17) is 5.73 Å². The second kappa shape index (κ2) is 5.36. The Morgan fingerprint density at radius 1 is 0.950 bits per heavy atom. The fraction of sp³-hybridized carbons (Fsp3) is 0.133. The molecular formula is C15H12F3NO. The van der Waals surface area contributed by atoms with Crippen molar-refractivity contribution in [3.8, 4) is 0 Å². The van der Waals surface area contributed by atoms with E-state index >= 15 is 0 Å². The lowest BCUT2D eigenvalue weighted by Crippen LogP contribution is -2.25. The summed E-state index contributed by atoms with van der Waals surface area (Å²) in [6, 6.07) is 13.0. The van der Waals surface area contributed by atoms with Crippen molar-refractivity contribution < 1.29 is 18.0 Å². The standard InChI is InChI=1S/C15H12F3NO/c16-15(17,18)13(10-6-2-1-3-7-10)11-8-4-5-9-12(11)14(19)20/h1-9,13H,(H2,19,20). The van der Waals surface area contributed by atoms with Crippen molar-refractivity contribution in [1.82, 2.24) is 0 Å². The number of carbonyl (C=O) groups excluding carboxylic acids is 1. The van der Waals surface area contributed by atoms with E-state index in [-0.39, 0.29) is 16.7 Å². The molecule has 0 fully saturated rings. The van der Waals surface area contributed by atoms with Crippen molar-refractivity contribution >= 4 is 5.91 Å². The molecule has 0 bridgehead atoms. The molecule has 104 valence electrons. The van der Waals surface area contributed by atoms with Gasteiger partial charge in [0.05, 0.1) is 0 Å². The zero-order chi connectivity index (χ0) is 14.8. The first-order valence-corrected chi connectivity index (χ1v) is 5.91. The Labute approximate surface area is 114 Å². The highest BCUT2D eigenvalue weighted by Crippen LogP contribution is 2.41. The number of alkyl halides is 3. The summed E-state index contributed by atoms with van der Waals surface area (Å²) >= 11 is 0. The number of benzene rings is 2. The topological polar surface area (TPSA) is 43.1 Å². The van der Waals surface area contributed by atoms with Crippen LogP contribution < -0.4 is 5.73 Å². The monoisotopic (exact) mass is 279 g/mol. The SMILES string of the molecule is NC(=O)c1ccccc1C(c1ccccc1)C(F)(F)F. The summed E-state index contributed by atoms with van der Waals surface area (Å²) in [5, 5.41) is 0. The van der Waals surface area contributed by atoms with Gasteiger partial charge in [-0.25, -0.2) is 0 Å². The average Bonchev–Trinajstić information content (AvgIpc) is 2.39. The van der Waals surface area contributed by atoms with Crippen LogP contribution in [0.3, 0.4) is 0 Å². The fourth-order valence-electron chi connectivity index (χ4n) is 2.16. The highest BCUT2D eigenvalue weighted by Gasteiger charge is 2.43. The van der Waals surface area contributed by atoms with Gasteiger partial charge in [-0.1, -0.05) is 48.5 Å². The number of carbonyl (C=O) groups is 1. The molecule has 0 aliphatic carbocycles. The third-order valence-electron chi connectivity index (χ3n) is 3.00. The second-order valence-corrected chi connectivity index (χ2v) is 4.34. The number of nitrogens with two attached hydrogens (primary N) is 1. The first-order valence-electron chi connectivity index (χ1n) is 5.91. The van der Waals surface area contributed by atoms with Crippen LogP contribution in [-0.4, -0.2) is 12.1 Å². The van der Waals surface area contributed by atoms with Crippen molar-refractivity contribution in [2.45, 2.75) is 12.1 Å². The normalized spacial score (nSPS) is 12.9. The van der Waals surface area contributed by atoms with Crippen LogP contribution in [0, 0.1) is 0 Å². The Morgan fingerprint density at radius 2 is 1.50 bits per heavy atom. The van der Waals surface area contributed by atoms with Gasteiger partial charge in [-0.05, 0) is 17.2 Å². The molecule has 0 aliphatic heterocycles. The van der Waals surface area contributed by atoms with Crippen LogP contribution in [0.4, 0.5) is 13.2 Å². The molecule has 0 spiro atoms. The van der Waals surface area contributed by atoms with Crippen molar-refractivity contribution in [2.24, 2.45) is 5.73 Å². The molecule has 0 aromatic heterocycles. The third-order valence-corrected chi connectivity index (χ3v) is 3.00. The molecule has 5 heteroatoms. The fourth-order valence-corrected chi connectivity index (χ4v) is 2.16. The van der Waals surface area contributed by atoms with Crippen LogP contribution in [0.15, 0.2) is 54.6 Å². The molecule has 0 radical (unpaired) electrons. The molecule has 2 rings (SSSR count). The smallest absolute Gasteiger partial charge is 0.366 e. The summed E-state index contributed by atoms with van der Waals surface area (Å²) in [6.07, 6.45) is -4.51. The van der Waals surface area contributed by atoms with E-state index in [1.165, 1.54) is 48.5 Å². The summed E-state index contributed by atoms with van der Waals surface area (Å²) < 4.78 is 40.1. The van der Waals surface area contributed by atoms with Gasteiger partial charge >= 0.3 is 6.18 Å². The lowest BCUT2D eigenvalue weighted by Gasteiger charge is -2.22. The Morgan fingerprint density at radius 3 is 2.05 bits per heavy atom. The zero-order valence-electron chi connectivity index (χ0n) is 10.4. The predicted molar refractivity (Wildman–Crippen MR) is 69.3 cm³/mol. The van der Waals surface area contributed by atoms with E-state index in [1.807, 2.05) is 0 Å². The first-order chi connectivity index (χ1) is 9.41. The lowest BCUT2D eigenvalue weighted by molar-refractivity contribution is -0.141. The van der Waals surface area contributed by atoms with Crippen LogP contribution in [-0.2, 0) is 0 Å². The van der Waals surface area contributed by atoms with Crippen LogP contribution in [0.25, 0.3) is 0 Å². The van der Waals surface area contributed by atoms with E-state index in [2.05, 4.69) is 0 Å². The lowest BCUT2D eigenvalue weighted by atomic mass is 9.87. The Kier molecular flexibility index (Phi) is 3.79. The summed E-state index contributed by atoms with van der Waals surface area (Å²) in [5.74, 6) is -2.74. The molecule has 0 heterocycles. The number of rotatable bonds is 3. The molecule has 2 aromatic carbocycles. The average molecular weight is 279 g/mol. The zero-order valence-corrected chi connectivity index (χ0v) is 10.4. The predicted octanol–water partition coefficient (Wildman–Crippen LogP) is 3.48. The van der Waals surface area contributed by atoms with Gasteiger partial charge in [0.25, 0.3) is 0 Å². The highest BCUT2D eigenvalue weighted by molar-refractivity contribution is 5.94. The summed E-state index contributed by atoms with van der Waals surface area (Å²) in [6.45, 7) is 0. The van der Waals surface area contributed by atoms with Gasteiger partial charge in [-0.2, -0.15) is 13.2 Å². The maximum atomic E-state index is 13.4. The molecule has 2 aromatic rings. The van der Waals surface area contributed by atoms with Crippen LogP contribution in [0.5, 0.6) is 0 Å². The van der Waals surface area contributed by atoms with Crippen molar-refractivity contribution in [2.75, 3.05) is 0 Å². The molecule has 1 amide bonds. The van der Waals surface area contributed by atoms with Gasteiger partial charge in [0.15, 0.2) is 0 Å². The minimum atomic E-state index is -4.51. The Hall–Kier alpha value is -2.30. The number of halogens is 3. The number of hydrogen-bond donors (Lipinski definition) is 1. The number of amides is 1. The van der Waals surface area contributed by atoms with Crippen LogP contribution in [0.2, 0.25) is 0 Å². The minimum absolute atomic E-state index is 0.0775. The largest absolute Gasteiger partial charge is 0.399 e. The summed E-state index contributed by atoms with van der Waals surface area (Å²) in [4.78, 5) is 11.3. The van der Waals surface area contributed by atoms with Crippen LogP contribution in [0.1, 0.15) is 27.4 Å². The molecule has 1 unspecified atom stereocenters. The molecule has 0 saturated heterocycles. The molecule has 0 aliphatic rings. The Bertz CT molecular complexity index is 608. The van der Waals surface area contributed by atoms with Gasteiger partial charge in [0.2, 0.25) is 5.91 Å². The molecule has 2 N–H and O–H groups in total. The van der Waals surface area contributed by atoms with E-state index in [9.17, 15) is 18.0 Å². The molecule has 20 heavy (non-hydrogen) atoms. The number of primary amides is 1. The first kappa shape index (κ1) is 14.1. The molecule has 1 atom stereocenters. The van der Waals surface area contributed by atoms with Gasteiger partial charge in [-0.15, -0.1) is 0 Å². The van der Waals surface area contributed by atoms with Crippen molar-refractivity contribution in [1.29, 1.82) is 0 Å². The molecular weight excluding hydrogens is 267 g/mol. The summed E-state index contributed by atoms with van der Waals surface area (Å²) in [7, 11) is 0. The Balaban J connectivity index is 2.63. The van der Waals surface area contributed by atoms with Gasteiger partial charge in [0, 0.05) is 5.56 Å².